The summed E-state index contributed by atoms with van der Waals surface area (Å²) in [5, 5.41) is 16.0. The van der Waals surface area contributed by atoms with E-state index >= 15 is 0 Å². The summed E-state index contributed by atoms with van der Waals surface area (Å²) in [6.45, 7) is 0. The summed E-state index contributed by atoms with van der Waals surface area (Å²) >= 11 is 1.64. The van der Waals surface area contributed by atoms with Gasteiger partial charge in [0.15, 0.2) is 0 Å². The molecule has 2 aromatic rings. The number of carboxylic acids is 1. The molecule has 0 spiro atoms. The average Bonchev–Trinajstić information content (AvgIpc) is 3.19. The highest BCUT2D eigenvalue weighted by Crippen LogP contribution is 2.28. The van der Waals surface area contributed by atoms with Crippen LogP contribution in [-0.4, -0.2) is 17.0 Å². The summed E-state index contributed by atoms with van der Waals surface area (Å²) in [5.41, 5.74) is 3.55. The lowest BCUT2D eigenvalue weighted by Gasteiger charge is -2.08. The second-order valence-corrected chi connectivity index (χ2v) is 5.94. The molecule has 1 amide bonds. The van der Waals surface area contributed by atoms with E-state index in [-0.39, 0.29) is 11.5 Å². The zero-order valence-electron chi connectivity index (χ0n) is 11.8. The molecular formula is C17H15NO3S. The first-order valence-electron chi connectivity index (χ1n) is 7.04. The largest absolute Gasteiger partial charge is 0.478 e. The fraction of sp³-hybridized carbons (Fsp3) is 0.176. The van der Waals surface area contributed by atoms with E-state index in [4.69, 9.17) is 5.11 Å². The van der Waals surface area contributed by atoms with Crippen LogP contribution >= 0.6 is 11.3 Å². The van der Waals surface area contributed by atoms with Gasteiger partial charge in [-0.3, -0.25) is 4.79 Å². The molecule has 0 fully saturated rings. The zero-order chi connectivity index (χ0) is 15.5. The van der Waals surface area contributed by atoms with Gasteiger partial charge in [0.2, 0.25) is 0 Å². The summed E-state index contributed by atoms with van der Waals surface area (Å²) < 4.78 is 0. The standard InChI is InChI=1S/C17H15NO3S/c19-16(14-2-1-3-15(14)17(20)21)18-13-6-4-11(5-7-13)12-8-9-22-10-12/h4-10H,1-3H2,(H,18,19)(H,20,21). The van der Waals surface area contributed by atoms with Crippen LogP contribution in [-0.2, 0) is 9.59 Å². The summed E-state index contributed by atoms with van der Waals surface area (Å²) in [6, 6.07) is 9.60. The van der Waals surface area contributed by atoms with Crippen LogP contribution < -0.4 is 5.32 Å². The number of carbonyl (C=O) groups excluding carboxylic acids is 1. The number of carboxylic acid groups (broad SMARTS) is 1. The molecule has 0 unspecified atom stereocenters. The third-order valence-electron chi connectivity index (χ3n) is 3.75. The van der Waals surface area contributed by atoms with Crippen LogP contribution in [0.25, 0.3) is 11.1 Å². The molecule has 2 N–H and O–H groups in total. The normalized spacial score (nSPS) is 14.2. The van der Waals surface area contributed by atoms with E-state index in [1.54, 1.807) is 11.3 Å². The molecule has 1 aliphatic carbocycles. The van der Waals surface area contributed by atoms with E-state index in [2.05, 4.69) is 10.7 Å². The van der Waals surface area contributed by atoms with E-state index in [9.17, 15) is 9.59 Å². The van der Waals surface area contributed by atoms with Crippen molar-refractivity contribution in [3.05, 3.63) is 52.2 Å². The molecule has 0 bridgehead atoms. The van der Waals surface area contributed by atoms with Crippen molar-refractivity contribution in [3.63, 3.8) is 0 Å². The van der Waals surface area contributed by atoms with Crippen LogP contribution in [0, 0.1) is 0 Å². The Morgan fingerprint density at radius 1 is 1.00 bits per heavy atom. The molecule has 1 aromatic heterocycles. The molecule has 5 heteroatoms. The van der Waals surface area contributed by atoms with Crippen molar-refractivity contribution in [1.82, 2.24) is 0 Å². The van der Waals surface area contributed by atoms with Gasteiger partial charge in [-0.15, -0.1) is 0 Å². The first-order valence-corrected chi connectivity index (χ1v) is 7.99. The number of benzene rings is 1. The topological polar surface area (TPSA) is 66.4 Å². The summed E-state index contributed by atoms with van der Waals surface area (Å²) in [7, 11) is 0. The number of nitrogens with one attached hydrogen (secondary N) is 1. The van der Waals surface area contributed by atoms with Gasteiger partial charge in [-0.05, 0) is 59.3 Å². The Hall–Kier alpha value is -2.40. The first-order chi connectivity index (χ1) is 10.6. The third kappa shape index (κ3) is 2.94. The van der Waals surface area contributed by atoms with E-state index in [0.717, 1.165) is 17.5 Å². The second-order valence-electron chi connectivity index (χ2n) is 5.16. The SMILES string of the molecule is O=C(O)C1=C(C(=O)Nc2ccc(-c3ccsc3)cc2)CCC1. The Balaban J connectivity index is 1.75. The van der Waals surface area contributed by atoms with Crippen molar-refractivity contribution in [3.8, 4) is 11.1 Å². The van der Waals surface area contributed by atoms with Crippen molar-refractivity contribution < 1.29 is 14.7 Å². The van der Waals surface area contributed by atoms with E-state index in [1.165, 1.54) is 0 Å². The van der Waals surface area contributed by atoms with Gasteiger partial charge >= 0.3 is 5.97 Å². The molecule has 0 atom stereocenters. The van der Waals surface area contributed by atoms with Gasteiger partial charge in [0.25, 0.3) is 5.91 Å². The van der Waals surface area contributed by atoms with Crippen LogP contribution in [0.5, 0.6) is 0 Å². The predicted octanol–water partition coefficient (Wildman–Crippen LogP) is 3.92. The average molecular weight is 313 g/mol. The number of amides is 1. The molecular weight excluding hydrogens is 298 g/mol. The highest BCUT2D eigenvalue weighted by atomic mass is 32.1. The molecule has 1 aromatic carbocycles. The molecule has 4 nitrogen and oxygen atoms in total. The van der Waals surface area contributed by atoms with Crippen LogP contribution in [0.3, 0.4) is 0 Å². The van der Waals surface area contributed by atoms with Gasteiger partial charge in [0.1, 0.15) is 0 Å². The summed E-state index contributed by atoms with van der Waals surface area (Å²) in [4.78, 5) is 23.3. The number of anilines is 1. The minimum Gasteiger partial charge on any atom is -0.478 e. The van der Waals surface area contributed by atoms with E-state index in [1.807, 2.05) is 35.7 Å². The van der Waals surface area contributed by atoms with Gasteiger partial charge in [0, 0.05) is 16.8 Å². The van der Waals surface area contributed by atoms with Gasteiger partial charge in [-0.2, -0.15) is 11.3 Å². The number of thiophene rings is 1. The fourth-order valence-corrected chi connectivity index (χ4v) is 3.28. The molecule has 0 saturated heterocycles. The second kappa shape index (κ2) is 6.15. The first kappa shape index (κ1) is 14.5. The van der Waals surface area contributed by atoms with Crippen molar-refractivity contribution in [2.45, 2.75) is 19.3 Å². The van der Waals surface area contributed by atoms with E-state index in [0.29, 0.717) is 24.1 Å². The van der Waals surface area contributed by atoms with E-state index < -0.39 is 5.97 Å². The number of hydrogen-bond donors (Lipinski definition) is 2. The Bertz CT molecular complexity index is 730. The van der Waals surface area contributed by atoms with Gasteiger partial charge in [-0.1, -0.05) is 12.1 Å². The Morgan fingerprint density at radius 3 is 2.36 bits per heavy atom. The van der Waals surface area contributed by atoms with Crippen LogP contribution in [0.2, 0.25) is 0 Å². The minimum atomic E-state index is -0.990. The minimum absolute atomic E-state index is 0.243. The lowest BCUT2D eigenvalue weighted by atomic mass is 10.1. The molecule has 0 radical (unpaired) electrons. The smallest absolute Gasteiger partial charge is 0.332 e. The van der Waals surface area contributed by atoms with Crippen molar-refractivity contribution in [2.24, 2.45) is 0 Å². The Morgan fingerprint density at radius 2 is 1.73 bits per heavy atom. The van der Waals surface area contributed by atoms with Gasteiger partial charge in [0.05, 0.1) is 0 Å². The molecule has 1 heterocycles. The van der Waals surface area contributed by atoms with Crippen molar-refractivity contribution in [2.75, 3.05) is 5.32 Å². The predicted molar refractivity (Wildman–Crippen MR) is 86.9 cm³/mol. The molecule has 0 aliphatic heterocycles. The summed E-state index contributed by atoms with van der Waals surface area (Å²) in [6.07, 6.45) is 1.72. The third-order valence-corrected chi connectivity index (χ3v) is 4.43. The number of hydrogen-bond acceptors (Lipinski definition) is 3. The lowest BCUT2D eigenvalue weighted by Crippen LogP contribution is -2.16. The maximum atomic E-state index is 12.2. The quantitative estimate of drug-likeness (QED) is 0.899. The molecule has 0 saturated carbocycles. The molecule has 3 rings (SSSR count). The van der Waals surface area contributed by atoms with Gasteiger partial charge in [-0.25, -0.2) is 4.79 Å². The van der Waals surface area contributed by atoms with Gasteiger partial charge < -0.3 is 10.4 Å². The number of rotatable bonds is 4. The highest BCUT2D eigenvalue weighted by molar-refractivity contribution is 7.08. The summed E-state index contributed by atoms with van der Waals surface area (Å²) in [5.74, 6) is -1.30. The van der Waals surface area contributed by atoms with Crippen LogP contribution in [0.15, 0.2) is 52.2 Å². The fourth-order valence-electron chi connectivity index (χ4n) is 2.61. The molecule has 1 aliphatic rings. The molecule has 112 valence electrons. The lowest BCUT2D eigenvalue weighted by molar-refractivity contribution is -0.133. The Labute approximate surface area is 132 Å². The maximum Gasteiger partial charge on any atom is 0.332 e. The Kier molecular flexibility index (Phi) is 4.06. The molecule has 22 heavy (non-hydrogen) atoms. The van der Waals surface area contributed by atoms with Crippen molar-refractivity contribution in [1.29, 1.82) is 0 Å². The highest BCUT2D eigenvalue weighted by Gasteiger charge is 2.25. The van der Waals surface area contributed by atoms with Crippen LogP contribution in [0.4, 0.5) is 5.69 Å². The van der Waals surface area contributed by atoms with Crippen molar-refractivity contribution >= 4 is 28.9 Å². The zero-order valence-corrected chi connectivity index (χ0v) is 12.7. The van der Waals surface area contributed by atoms with Crippen LogP contribution in [0.1, 0.15) is 19.3 Å². The number of carbonyl (C=O) groups is 2. The number of aliphatic carboxylic acids is 1. The maximum absolute atomic E-state index is 12.2. The monoisotopic (exact) mass is 313 g/mol.